The van der Waals surface area contributed by atoms with Gasteiger partial charge in [-0.2, -0.15) is 0 Å². The van der Waals surface area contributed by atoms with Gasteiger partial charge >= 0.3 is 12.1 Å². The molecule has 1 heterocycles. The van der Waals surface area contributed by atoms with E-state index in [4.69, 9.17) is 9.47 Å². The van der Waals surface area contributed by atoms with Crippen molar-refractivity contribution in [1.82, 2.24) is 10.3 Å². The number of nitrogens with zero attached hydrogens (tertiary/aromatic N) is 1. The van der Waals surface area contributed by atoms with Crippen LogP contribution in [0.4, 0.5) is 4.79 Å². The van der Waals surface area contributed by atoms with Crippen LogP contribution >= 0.6 is 0 Å². The zero-order chi connectivity index (χ0) is 22.6. The Morgan fingerprint density at radius 2 is 1.71 bits per heavy atom. The van der Waals surface area contributed by atoms with Crippen molar-refractivity contribution in [2.45, 2.75) is 33.3 Å². The van der Waals surface area contributed by atoms with Gasteiger partial charge in [0.25, 0.3) is 0 Å². The Labute approximate surface area is 180 Å². The van der Waals surface area contributed by atoms with Crippen LogP contribution in [0.3, 0.4) is 0 Å². The molecular formula is C24H24N2O5. The van der Waals surface area contributed by atoms with Gasteiger partial charge < -0.3 is 14.6 Å². The third kappa shape index (κ3) is 5.82. The number of hydrogen-bond acceptors (Lipinski definition) is 5. The highest BCUT2D eigenvalue weighted by atomic mass is 16.6. The molecule has 0 saturated heterocycles. The van der Waals surface area contributed by atoms with Crippen molar-refractivity contribution in [3.63, 3.8) is 0 Å². The summed E-state index contributed by atoms with van der Waals surface area (Å²) in [5, 5.41) is 12.7. The largest absolute Gasteiger partial charge is 0.477 e. The average molecular weight is 420 g/mol. The van der Waals surface area contributed by atoms with E-state index < -0.39 is 17.7 Å². The number of allylic oxidation sites excluding steroid dienone is 1. The molecule has 2 N–H and O–H groups in total. The Balaban J connectivity index is 1.88. The number of aliphatic carboxylic acids is 1. The van der Waals surface area contributed by atoms with E-state index in [1.165, 1.54) is 0 Å². The van der Waals surface area contributed by atoms with E-state index in [1.54, 1.807) is 45.9 Å². The zero-order valence-corrected chi connectivity index (χ0v) is 17.8. The molecule has 0 bridgehead atoms. The van der Waals surface area contributed by atoms with Crippen LogP contribution in [0.2, 0.25) is 0 Å². The fourth-order valence-electron chi connectivity index (χ4n) is 2.86. The van der Waals surface area contributed by atoms with E-state index in [2.05, 4.69) is 10.3 Å². The first-order valence-corrected chi connectivity index (χ1v) is 9.70. The molecule has 1 aromatic heterocycles. The molecule has 0 aliphatic carbocycles. The zero-order valence-electron chi connectivity index (χ0n) is 17.8. The number of carbonyl (C=O) groups is 2. The Morgan fingerprint density at radius 1 is 1.00 bits per heavy atom. The number of fused-ring (bicyclic) bond motifs is 1. The number of nitrogens with one attached hydrogen (secondary N) is 1. The number of alkyl carbamates (subject to hydrolysis) is 1. The predicted octanol–water partition coefficient (Wildman–Crippen LogP) is 5.37. The molecule has 0 fully saturated rings. The second-order valence-electron chi connectivity index (χ2n) is 7.90. The van der Waals surface area contributed by atoms with Crippen molar-refractivity contribution in [2.75, 3.05) is 0 Å². The predicted molar refractivity (Wildman–Crippen MR) is 118 cm³/mol. The molecule has 3 aromatic rings. The first-order valence-electron chi connectivity index (χ1n) is 9.70. The minimum atomic E-state index is -1.26. The minimum absolute atomic E-state index is 0.245. The smallest absolute Gasteiger partial charge is 0.412 e. The molecule has 2 aromatic carbocycles. The maximum Gasteiger partial charge on any atom is 0.412 e. The van der Waals surface area contributed by atoms with Crippen molar-refractivity contribution in [2.24, 2.45) is 0 Å². The molecular weight excluding hydrogens is 396 g/mol. The highest BCUT2D eigenvalue weighted by molar-refractivity contribution is 5.99. The first-order chi connectivity index (χ1) is 14.6. The standard InChI is InChI=1S/C24H24N2O5/c1-15(21(22(27)28)26-23(29)31-24(2,3)4)16-10-12-19-17(14-16)11-13-20(25-19)30-18-8-6-5-7-9-18/h5-14H,1-4H3,(H,26,29)(H,27,28). The van der Waals surface area contributed by atoms with Crippen LogP contribution in [0, 0.1) is 0 Å². The summed E-state index contributed by atoms with van der Waals surface area (Å²) in [5.74, 6) is -0.117. The lowest BCUT2D eigenvalue weighted by molar-refractivity contribution is -0.133. The summed E-state index contributed by atoms with van der Waals surface area (Å²) in [4.78, 5) is 28.3. The second kappa shape index (κ2) is 8.87. The van der Waals surface area contributed by atoms with Crippen LogP contribution in [0.1, 0.15) is 33.3 Å². The Kier molecular flexibility index (Phi) is 6.25. The topological polar surface area (TPSA) is 97.8 Å². The number of ether oxygens (including phenoxy) is 2. The van der Waals surface area contributed by atoms with Crippen LogP contribution in [0.25, 0.3) is 16.5 Å². The highest BCUT2D eigenvalue weighted by Gasteiger charge is 2.21. The molecule has 160 valence electrons. The molecule has 3 rings (SSSR count). The lowest BCUT2D eigenvalue weighted by Gasteiger charge is -2.20. The Morgan fingerprint density at radius 3 is 2.35 bits per heavy atom. The van der Waals surface area contributed by atoms with Gasteiger partial charge in [0.2, 0.25) is 5.88 Å². The van der Waals surface area contributed by atoms with Crippen LogP contribution in [0.15, 0.2) is 66.4 Å². The van der Waals surface area contributed by atoms with Gasteiger partial charge in [-0.15, -0.1) is 0 Å². The van der Waals surface area contributed by atoms with Gasteiger partial charge in [-0.05, 0) is 69.2 Å². The second-order valence-corrected chi connectivity index (χ2v) is 7.90. The summed E-state index contributed by atoms with van der Waals surface area (Å²) in [6.07, 6.45) is -0.825. The number of aromatic nitrogens is 1. The van der Waals surface area contributed by atoms with Crippen molar-refractivity contribution < 1.29 is 24.2 Å². The number of carboxylic acid groups (broad SMARTS) is 1. The SMILES string of the molecule is CC(=C(NC(=O)OC(C)(C)C)C(=O)O)c1ccc2nc(Oc3ccccc3)ccc2c1. The first kappa shape index (κ1) is 21.8. The molecule has 0 aliphatic rings. The van der Waals surface area contributed by atoms with Gasteiger partial charge in [-0.3, -0.25) is 5.32 Å². The van der Waals surface area contributed by atoms with Crippen LogP contribution < -0.4 is 10.1 Å². The number of pyridine rings is 1. The number of hydrogen-bond donors (Lipinski definition) is 2. The lowest BCUT2D eigenvalue weighted by Crippen LogP contribution is -2.34. The maximum atomic E-state index is 12.1. The van der Waals surface area contributed by atoms with E-state index in [-0.39, 0.29) is 5.70 Å². The Hall–Kier alpha value is -3.87. The van der Waals surface area contributed by atoms with Gasteiger partial charge in [0, 0.05) is 11.5 Å². The molecule has 0 saturated carbocycles. The third-order valence-corrected chi connectivity index (χ3v) is 4.28. The molecule has 0 atom stereocenters. The number of para-hydroxylation sites is 1. The molecule has 0 unspecified atom stereocenters. The van der Waals surface area contributed by atoms with Crippen LogP contribution in [0.5, 0.6) is 11.6 Å². The highest BCUT2D eigenvalue weighted by Crippen LogP contribution is 2.26. The monoisotopic (exact) mass is 420 g/mol. The molecule has 0 spiro atoms. The number of carbonyl (C=O) groups excluding carboxylic acids is 1. The number of amides is 1. The van der Waals surface area contributed by atoms with Gasteiger partial charge in [0.05, 0.1) is 5.52 Å². The van der Waals surface area contributed by atoms with E-state index in [9.17, 15) is 14.7 Å². The summed E-state index contributed by atoms with van der Waals surface area (Å²) < 4.78 is 10.9. The molecule has 7 nitrogen and oxygen atoms in total. The minimum Gasteiger partial charge on any atom is -0.477 e. The summed E-state index contributed by atoms with van der Waals surface area (Å²) in [6.45, 7) is 6.74. The molecule has 0 radical (unpaired) electrons. The molecule has 7 heteroatoms. The summed E-state index contributed by atoms with van der Waals surface area (Å²) in [7, 11) is 0. The normalized spacial score (nSPS) is 12.1. The van der Waals surface area contributed by atoms with Crippen molar-refractivity contribution in [1.29, 1.82) is 0 Å². The van der Waals surface area contributed by atoms with E-state index in [0.717, 1.165) is 5.39 Å². The lowest BCUT2D eigenvalue weighted by atomic mass is 10.0. The van der Waals surface area contributed by atoms with Gasteiger partial charge in [0.15, 0.2) is 0 Å². The van der Waals surface area contributed by atoms with E-state index >= 15 is 0 Å². The molecule has 31 heavy (non-hydrogen) atoms. The van der Waals surface area contributed by atoms with Crippen LogP contribution in [-0.4, -0.2) is 27.8 Å². The molecule has 0 aliphatic heterocycles. The molecule has 1 amide bonds. The van der Waals surface area contributed by atoms with Crippen molar-refractivity contribution in [3.05, 3.63) is 71.9 Å². The number of benzene rings is 2. The Bertz CT molecular complexity index is 1150. The quantitative estimate of drug-likeness (QED) is 0.539. The van der Waals surface area contributed by atoms with Gasteiger partial charge in [-0.1, -0.05) is 24.3 Å². The number of carboxylic acids is 1. The van der Waals surface area contributed by atoms with Gasteiger partial charge in [0.1, 0.15) is 17.0 Å². The van der Waals surface area contributed by atoms with Crippen molar-refractivity contribution in [3.8, 4) is 11.6 Å². The van der Waals surface area contributed by atoms with E-state index in [0.29, 0.717) is 28.3 Å². The summed E-state index contributed by atoms with van der Waals surface area (Å²) in [5.41, 5.74) is 0.743. The van der Waals surface area contributed by atoms with Crippen LogP contribution in [-0.2, 0) is 9.53 Å². The maximum absolute atomic E-state index is 12.1. The van der Waals surface area contributed by atoms with E-state index in [1.807, 2.05) is 42.5 Å². The number of rotatable bonds is 5. The van der Waals surface area contributed by atoms with Gasteiger partial charge in [-0.25, -0.2) is 14.6 Å². The average Bonchev–Trinajstić information content (AvgIpc) is 2.70. The summed E-state index contributed by atoms with van der Waals surface area (Å²) >= 11 is 0. The fourth-order valence-corrected chi connectivity index (χ4v) is 2.86. The summed E-state index contributed by atoms with van der Waals surface area (Å²) in [6, 6.07) is 18.3. The van der Waals surface area contributed by atoms with Crippen molar-refractivity contribution >= 4 is 28.5 Å². The third-order valence-electron chi connectivity index (χ3n) is 4.28. The fraction of sp³-hybridized carbons (Fsp3) is 0.208.